The van der Waals surface area contributed by atoms with Crippen LogP contribution < -0.4 is 0 Å². The third-order valence-electron chi connectivity index (χ3n) is 3.06. The highest BCUT2D eigenvalue weighted by molar-refractivity contribution is 5.69. The van der Waals surface area contributed by atoms with Crippen molar-refractivity contribution in [3.05, 3.63) is 0 Å². The fourth-order valence-corrected chi connectivity index (χ4v) is 2.22. The molecule has 0 aromatic heterocycles. The normalized spacial score (nSPS) is 23.2. The van der Waals surface area contributed by atoms with Crippen molar-refractivity contribution >= 4 is 6.09 Å². The van der Waals surface area contributed by atoms with Gasteiger partial charge in [-0.25, -0.2) is 4.79 Å². The van der Waals surface area contributed by atoms with Crippen molar-refractivity contribution < 1.29 is 14.3 Å². The van der Waals surface area contributed by atoms with Crippen LogP contribution in [-0.2, 0) is 9.47 Å². The first-order chi connectivity index (χ1) is 8.17. The van der Waals surface area contributed by atoms with Gasteiger partial charge in [0.25, 0.3) is 0 Å². The summed E-state index contributed by atoms with van der Waals surface area (Å²) in [5, 5.41) is 0. The van der Waals surface area contributed by atoms with E-state index < -0.39 is 11.3 Å². The summed E-state index contributed by atoms with van der Waals surface area (Å²) in [4.78, 5) is 14.0. The molecule has 0 aromatic rings. The second-order valence-corrected chi connectivity index (χ2v) is 6.40. The molecule has 4 heteroatoms. The smallest absolute Gasteiger partial charge is 0.412 e. The highest BCUT2D eigenvalue weighted by Crippen LogP contribution is 2.31. The van der Waals surface area contributed by atoms with E-state index in [0.717, 1.165) is 19.3 Å². The van der Waals surface area contributed by atoms with Gasteiger partial charge in [-0.05, 0) is 41.0 Å². The molecule has 1 saturated heterocycles. The van der Waals surface area contributed by atoms with Crippen molar-refractivity contribution in [3.63, 3.8) is 0 Å². The Kier molecular flexibility index (Phi) is 4.65. The van der Waals surface area contributed by atoms with Gasteiger partial charge in [0.15, 0.2) is 0 Å². The van der Waals surface area contributed by atoms with E-state index in [2.05, 4.69) is 6.92 Å². The molecule has 0 N–H and O–H groups in total. The number of amides is 1. The first kappa shape index (κ1) is 15.3. The number of carbonyl (C=O) groups excluding carboxylic acids is 1. The summed E-state index contributed by atoms with van der Waals surface area (Å²) in [6, 6.07) is 0.134. The van der Waals surface area contributed by atoms with E-state index in [0.29, 0.717) is 6.61 Å². The van der Waals surface area contributed by atoms with Crippen molar-refractivity contribution in [2.75, 3.05) is 6.61 Å². The molecular formula is C14H27NO3. The topological polar surface area (TPSA) is 38.8 Å². The molecule has 1 atom stereocenters. The van der Waals surface area contributed by atoms with Crippen LogP contribution in [0.1, 0.15) is 60.8 Å². The van der Waals surface area contributed by atoms with Gasteiger partial charge in [-0.1, -0.05) is 19.8 Å². The molecule has 1 aliphatic heterocycles. The molecule has 18 heavy (non-hydrogen) atoms. The van der Waals surface area contributed by atoms with Crippen LogP contribution in [0, 0.1) is 0 Å². The third-order valence-corrected chi connectivity index (χ3v) is 3.06. The summed E-state index contributed by atoms with van der Waals surface area (Å²) in [7, 11) is 0. The molecule has 0 radical (unpaired) electrons. The van der Waals surface area contributed by atoms with E-state index >= 15 is 0 Å². The number of ether oxygens (including phenoxy) is 2. The van der Waals surface area contributed by atoms with Crippen LogP contribution >= 0.6 is 0 Å². The quantitative estimate of drug-likeness (QED) is 0.776. The molecule has 4 nitrogen and oxygen atoms in total. The third kappa shape index (κ3) is 3.87. The number of carbonyl (C=O) groups is 1. The molecule has 1 amide bonds. The number of hydrogen-bond acceptors (Lipinski definition) is 3. The van der Waals surface area contributed by atoms with Crippen LogP contribution in [0.2, 0.25) is 0 Å². The van der Waals surface area contributed by atoms with E-state index in [1.54, 1.807) is 4.90 Å². The van der Waals surface area contributed by atoms with Gasteiger partial charge in [-0.15, -0.1) is 0 Å². The Morgan fingerprint density at radius 2 is 2.06 bits per heavy atom. The largest absolute Gasteiger partial charge is 0.444 e. The van der Waals surface area contributed by atoms with Crippen molar-refractivity contribution in [1.29, 1.82) is 0 Å². The maximum Gasteiger partial charge on any atom is 0.412 e. The zero-order valence-electron chi connectivity index (χ0n) is 12.6. The molecule has 1 aliphatic rings. The molecule has 0 bridgehead atoms. The van der Waals surface area contributed by atoms with E-state index in [-0.39, 0.29) is 12.1 Å². The Morgan fingerprint density at radius 3 is 2.56 bits per heavy atom. The molecule has 0 aromatic carbocycles. The lowest BCUT2D eigenvalue weighted by Gasteiger charge is -2.35. The molecule has 0 spiro atoms. The second kappa shape index (κ2) is 5.47. The van der Waals surface area contributed by atoms with Crippen LogP contribution in [0.25, 0.3) is 0 Å². The standard InChI is InChI=1S/C14H27NO3/c1-7-8-9-11-10-17-14(5,6)15(11)12(16)18-13(2,3)4/h11H,7-10H2,1-6H3/t11-/m1/s1. The lowest BCUT2D eigenvalue weighted by Crippen LogP contribution is -2.49. The Labute approximate surface area is 111 Å². The van der Waals surface area contributed by atoms with Gasteiger partial charge >= 0.3 is 6.09 Å². The minimum absolute atomic E-state index is 0.134. The van der Waals surface area contributed by atoms with Gasteiger partial charge in [0.1, 0.15) is 11.3 Å². The van der Waals surface area contributed by atoms with E-state index in [4.69, 9.17) is 9.47 Å². The van der Waals surface area contributed by atoms with Crippen molar-refractivity contribution in [2.45, 2.75) is 78.2 Å². The first-order valence-electron chi connectivity index (χ1n) is 6.83. The van der Waals surface area contributed by atoms with Gasteiger partial charge in [-0.2, -0.15) is 0 Å². The number of unbranched alkanes of at least 4 members (excludes halogenated alkanes) is 1. The number of hydrogen-bond donors (Lipinski definition) is 0. The molecule has 1 fully saturated rings. The Morgan fingerprint density at radius 1 is 1.44 bits per heavy atom. The van der Waals surface area contributed by atoms with Crippen molar-refractivity contribution in [1.82, 2.24) is 4.90 Å². The molecular weight excluding hydrogens is 230 g/mol. The van der Waals surface area contributed by atoms with Gasteiger partial charge in [-0.3, -0.25) is 4.90 Å². The Bertz CT molecular complexity index is 294. The minimum atomic E-state index is -0.569. The fraction of sp³-hybridized carbons (Fsp3) is 0.929. The zero-order valence-corrected chi connectivity index (χ0v) is 12.6. The summed E-state index contributed by atoms with van der Waals surface area (Å²) in [5.41, 5.74) is -1.04. The summed E-state index contributed by atoms with van der Waals surface area (Å²) < 4.78 is 11.2. The van der Waals surface area contributed by atoms with Gasteiger partial charge in [0.2, 0.25) is 0 Å². The second-order valence-electron chi connectivity index (χ2n) is 6.40. The Hall–Kier alpha value is -0.770. The van der Waals surface area contributed by atoms with Gasteiger partial charge in [0, 0.05) is 0 Å². The van der Waals surface area contributed by atoms with Gasteiger partial charge < -0.3 is 9.47 Å². The van der Waals surface area contributed by atoms with Crippen LogP contribution in [0.5, 0.6) is 0 Å². The lowest BCUT2D eigenvalue weighted by molar-refractivity contribution is -0.0627. The highest BCUT2D eigenvalue weighted by atomic mass is 16.6. The average molecular weight is 257 g/mol. The monoisotopic (exact) mass is 257 g/mol. The highest BCUT2D eigenvalue weighted by Gasteiger charge is 2.45. The maximum atomic E-state index is 12.3. The van der Waals surface area contributed by atoms with Crippen LogP contribution in [0.3, 0.4) is 0 Å². The Balaban J connectivity index is 2.75. The predicted octanol–water partition coefficient (Wildman–Crippen LogP) is 3.55. The molecule has 0 saturated carbocycles. The molecule has 1 rings (SSSR count). The summed E-state index contributed by atoms with van der Waals surface area (Å²) in [6.07, 6.45) is 2.92. The molecule has 0 unspecified atom stereocenters. The minimum Gasteiger partial charge on any atom is -0.444 e. The zero-order chi connectivity index (χ0) is 14.0. The van der Waals surface area contributed by atoms with E-state index in [9.17, 15) is 4.79 Å². The molecule has 106 valence electrons. The van der Waals surface area contributed by atoms with E-state index in [1.807, 2.05) is 34.6 Å². The predicted molar refractivity (Wildman–Crippen MR) is 71.4 cm³/mol. The van der Waals surface area contributed by atoms with Gasteiger partial charge in [0.05, 0.1) is 12.6 Å². The van der Waals surface area contributed by atoms with E-state index in [1.165, 1.54) is 0 Å². The SMILES string of the molecule is CCCC[C@@H]1COC(C)(C)N1C(=O)OC(C)(C)C. The molecule has 1 heterocycles. The van der Waals surface area contributed by atoms with Crippen molar-refractivity contribution in [2.24, 2.45) is 0 Å². The summed E-state index contributed by atoms with van der Waals surface area (Å²) in [6.45, 7) is 12.2. The number of rotatable bonds is 3. The lowest BCUT2D eigenvalue weighted by atomic mass is 10.1. The van der Waals surface area contributed by atoms with Crippen molar-refractivity contribution in [3.8, 4) is 0 Å². The molecule has 0 aliphatic carbocycles. The number of nitrogens with zero attached hydrogens (tertiary/aromatic N) is 1. The summed E-state index contributed by atoms with van der Waals surface area (Å²) >= 11 is 0. The van der Waals surface area contributed by atoms with Crippen LogP contribution in [-0.4, -0.2) is 35.0 Å². The average Bonchev–Trinajstić information content (AvgIpc) is 2.48. The summed E-state index contributed by atoms with van der Waals surface area (Å²) in [5.74, 6) is 0. The van der Waals surface area contributed by atoms with Crippen LogP contribution in [0.15, 0.2) is 0 Å². The maximum absolute atomic E-state index is 12.3. The first-order valence-corrected chi connectivity index (χ1v) is 6.83. The fourth-order valence-electron chi connectivity index (χ4n) is 2.22. The van der Waals surface area contributed by atoms with Crippen LogP contribution in [0.4, 0.5) is 4.79 Å².